The van der Waals surface area contributed by atoms with Crippen molar-refractivity contribution < 1.29 is 0 Å². The molecule has 1 N–H and O–H groups in total. The van der Waals surface area contributed by atoms with Gasteiger partial charge < -0.3 is 0 Å². The molecule has 3 heteroatoms. The van der Waals surface area contributed by atoms with Crippen LogP contribution < -0.4 is 5.32 Å². The van der Waals surface area contributed by atoms with E-state index in [1.807, 2.05) is 0 Å². The molecule has 1 aliphatic heterocycles. The van der Waals surface area contributed by atoms with Gasteiger partial charge in [0.2, 0.25) is 0 Å². The number of nitrogens with zero attached hydrogens (tertiary/aromatic N) is 2. The van der Waals surface area contributed by atoms with Gasteiger partial charge in [0.05, 0.1) is 6.07 Å². The zero-order chi connectivity index (χ0) is 13.0. The molecule has 0 aromatic carbocycles. The number of hydrogen-bond acceptors (Lipinski definition) is 3. The Morgan fingerprint density at radius 3 is 2.83 bits per heavy atom. The summed E-state index contributed by atoms with van der Waals surface area (Å²) in [5, 5.41) is 12.9. The van der Waals surface area contributed by atoms with Gasteiger partial charge in [-0.1, -0.05) is 13.3 Å². The molecule has 2 fully saturated rings. The van der Waals surface area contributed by atoms with Gasteiger partial charge in [0, 0.05) is 12.6 Å². The molecule has 0 amide bonds. The van der Waals surface area contributed by atoms with Crippen molar-refractivity contribution in [2.45, 2.75) is 64.0 Å². The second-order valence-electron chi connectivity index (χ2n) is 6.24. The fourth-order valence-corrected chi connectivity index (χ4v) is 3.69. The molecule has 2 rings (SSSR count). The van der Waals surface area contributed by atoms with E-state index in [1.54, 1.807) is 0 Å². The lowest BCUT2D eigenvalue weighted by atomic mass is 9.90. The van der Waals surface area contributed by atoms with Crippen molar-refractivity contribution in [3.8, 4) is 6.07 Å². The fraction of sp³-hybridized carbons (Fsp3) is 0.933. The molecule has 1 aliphatic carbocycles. The molecule has 0 bridgehead atoms. The van der Waals surface area contributed by atoms with Crippen molar-refractivity contribution in [1.29, 1.82) is 5.26 Å². The summed E-state index contributed by atoms with van der Waals surface area (Å²) in [5.74, 6) is 0.910. The van der Waals surface area contributed by atoms with Crippen LogP contribution in [0.2, 0.25) is 0 Å². The molecule has 1 saturated carbocycles. The zero-order valence-corrected chi connectivity index (χ0v) is 11.9. The van der Waals surface area contributed by atoms with Gasteiger partial charge in [0.25, 0.3) is 0 Å². The topological polar surface area (TPSA) is 39.1 Å². The maximum absolute atomic E-state index is 9.44. The van der Waals surface area contributed by atoms with E-state index in [0.29, 0.717) is 0 Å². The lowest BCUT2D eigenvalue weighted by Crippen LogP contribution is -2.55. The second-order valence-corrected chi connectivity index (χ2v) is 6.24. The van der Waals surface area contributed by atoms with E-state index >= 15 is 0 Å². The third-order valence-electron chi connectivity index (χ3n) is 4.64. The highest BCUT2D eigenvalue weighted by Crippen LogP contribution is 2.37. The van der Waals surface area contributed by atoms with Crippen LogP contribution in [0, 0.1) is 17.2 Å². The van der Waals surface area contributed by atoms with Crippen molar-refractivity contribution >= 4 is 0 Å². The smallest absolute Gasteiger partial charge is 0.116 e. The Kier molecular flexibility index (Phi) is 4.64. The van der Waals surface area contributed by atoms with E-state index in [4.69, 9.17) is 0 Å². The van der Waals surface area contributed by atoms with Crippen LogP contribution in [0.4, 0.5) is 0 Å². The Labute approximate surface area is 112 Å². The van der Waals surface area contributed by atoms with Crippen molar-refractivity contribution in [2.75, 3.05) is 19.6 Å². The molecule has 3 nitrogen and oxygen atoms in total. The number of nitrogens with one attached hydrogen (secondary N) is 1. The van der Waals surface area contributed by atoms with E-state index in [0.717, 1.165) is 31.5 Å². The molecule has 1 saturated heterocycles. The van der Waals surface area contributed by atoms with E-state index in [-0.39, 0.29) is 5.54 Å². The van der Waals surface area contributed by atoms with Crippen molar-refractivity contribution in [3.05, 3.63) is 0 Å². The van der Waals surface area contributed by atoms with Crippen LogP contribution in [0.15, 0.2) is 0 Å². The second kappa shape index (κ2) is 6.04. The van der Waals surface area contributed by atoms with Gasteiger partial charge in [-0.05, 0) is 58.0 Å². The summed E-state index contributed by atoms with van der Waals surface area (Å²) in [6.45, 7) is 7.23. The Bertz CT molecular complexity index is 309. The first-order chi connectivity index (χ1) is 8.68. The minimum Gasteiger partial charge on any atom is -0.299 e. The Morgan fingerprint density at radius 2 is 2.11 bits per heavy atom. The normalized spacial score (nSPS) is 31.6. The van der Waals surface area contributed by atoms with Crippen molar-refractivity contribution in [3.63, 3.8) is 0 Å². The van der Waals surface area contributed by atoms with Gasteiger partial charge in [-0.3, -0.25) is 10.2 Å². The van der Waals surface area contributed by atoms with Crippen molar-refractivity contribution in [2.24, 2.45) is 5.92 Å². The van der Waals surface area contributed by atoms with Crippen LogP contribution in [0.25, 0.3) is 0 Å². The van der Waals surface area contributed by atoms with E-state index in [9.17, 15) is 5.26 Å². The molecule has 3 atom stereocenters. The average molecular weight is 249 g/mol. The van der Waals surface area contributed by atoms with E-state index in [1.165, 1.54) is 38.6 Å². The van der Waals surface area contributed by atoms with Gasteiger partial charge in [-0.2, -0.15) is 5.26 Å². The number of likely N-dealkylation sites (tertiary alicyclic amines) is 1. The quantitative estimate of drug-likeness (QED) is 0.814. The molecule has 18 heavy (non-hydrogen) atoms. The molecule has 0 radical (unpaired) electrons. The predicted octanol–water partition coefficient (Wildman–Crippen LogP) is 2.53. The third kappa shape index (κ3) is 3.05. The van der Waals surface area contributed by atoms with E-state index < -0.39 is 0 Å². The van der Waals surface area contributed by atoms with Gasteiger partial charge in [-0.25, -0.2) is 0 Å². The van der Waals surface area contributed by atoms with Crippen LogP contribution >= 0.6 is 0 Å². The molecule has 102 valence electrons. The number of rotatable bonds is 5. The summed E-state index contributed by atoms with van der Waals surface area (Å²) in [6, 6.07) is 3.25. The summed E-state index contributed by atoms with van der Waals surface area (Å²) in [4.78, 5) is 2.59. The Hall–Kier alpha value is -0.590. The summed E-state index contributed by atoms with van der Waals surface area (Å²) < 4.78 is 0. The first-order valence-electron chi connectivity index (χ1n) is 7.59. The summed E-state index contributed by atoms with van der Waals surface area (Å²) in [6.07, 6.45) is 7.96. The van der Waals surface area contributed by atoms with Crippen LogP contribution in [-0.2, 0) is 0 Å². The van der Waals surface area contributed by atoms with Crippen LogP contribution in [-0.4, -0.2) is 36.1 Å². The highest BCUT2D eigenvalue weighted by atomic mass is 15.2. The fourth-order valence-electron chi connectivity index (χ4n) is 3.69. The Balaban J connectivity index is 1.96. The number of nitriles is 1. The molecule has 0 aromatic rings. The molecule has 1 heterocycles. The standard InChI is InChI=1S/C15H27N3/c1-3-9-17-15(2,11-16)12-18-10-5-7-13-6-4-8-14(13)18/h13-14,17H,3-10,12H2,1-2H3. The van der Waals surface area contributed by atoms with Crippen LogP contribution in [0.5, 0.6) is 0 Å². The first-order valence-corrected chi connectivity index (χ1v) is 7.59. The first kappa shape index (κ1) is 13.8. The average Bonchev–Trinajstić information content (AvgIpc) is 2.86. The summed E-state index contributed by atoms with van der Waals surface area (Å²) in [7, 11) is 0. The van der Waals surface area contributed by atoms with Gasteiger partial charge in [0.15, 0.2) is 0 Å². The van der Waals surface area contributed by atoms with Crippen LogP contribution in [0.3, 0.4) is 0 Å². The zero-order valence-electron chi connectivity index (χ0n) is 11.9. The summed E-state index contributed by atoms with van der Waals surface area (Å²) >= 11 is 0. The third-order valence-corrected chi connectivity index (χ3v) is 4.64. The number of fused-ring (bicyclic) bond motifs is 1. The van der Waals surface area contributed by atoms with E-state index in [2.05, 4.69) is 30.1 Å². The lowest BCUT2D eigenvalue weighted by Gasteiger charge is -2.41. The maximum Gasteiger partial charge on any atom is 0.116 e. The molecular weight excluding hydrogens is 222 g/mol. The number of piperidine rings is 1. The molecular formula is C15H27N3. The molecule has 0 aromatic heterocycles. The largest absolute Gasteiger partial charge is 0.299 e. The molecule has 0 spiro atoms. The van der Waals surface area contributed by atoms with Gasteiger partial charge >= 0.3 is 0 Å². The maximum atomic E-state index is 9.44. The SMILES string of the molecule is CCCNC(C)(C#N)CN1CCCC2CCCC21. The highest BCUT2D eigenvalue weighted by Gasteiger charge is 2.38. The van der Waals surface area contributed by atoms with Crippen molar-refractivity contribution in [1.82, 2.24) is 10.2 Å². The minimum atomic E-state index is -0.375. The number of hydrogen-bond donors (Lipinski definition) is 1. The molecule has 2 aliphatic rings. The highest BCUT2D eigenvalue weighted by molar-refractivity contribution is 5.07. The van der Waals surface area contributed by atoms with Crippen LogP contribution in [0.1, 0.15) is 52.4 Å². The van der Waals surface area contributed by atoms with Gasteiger partial charge in [0.1, 0.15) is 5.54 Å². The minimum absolute atomic E-state index is 0.375. The Morgan fingerprint density at radius 1 is 1.33 bits per heavy atom. The summed E-state index contributed by atoms with van der Waals surface area (Å²) in [5.41, 5.74) is -0.375. The lowest BCUT2D eigenvalue weighted by molar-refractivity contribution is 0.0921. The van der Waals surface area contributed by atoms with Gasteiger partial charge in [-0.15, -0.1) is 0 Å². The molecule has 3 unspecified atom stereocenters. The predicted molar refractivity (Wildman–Crippen MR) is 74.2 cm³/mol. The monoisotopic (exact) mass is 249 g/mol.